The summed E-state index contributed by atoms with van der Waals surface area (Å²) in [5.41, 5.74) is 3.45. The zero-order chi connectivity index (χ0) is 16.5. The SMILES string of the molecule is COCCNCc1cccc(OC)c1OCc1cccc(C)c1. The molecule has 0 heterocycles. The van der Waals surface area contributed by atoms with Gasteiger partial charge >= 0.3 is 0 Å². The predicted octanol–water partition coefficient (Wildman–Crippen LogP) is 3.32. The van der Waals surface area contributed by atoms with Gasteiger partial charge in [-0.3, -0.25) is 0 Å². The van der Waals surface area contributed by atoms with Gasteiger partial charge in [0.25, 0.3) is 0 Å². The summed E-state index contributed by atoms with van der Waals surface area (Å²) >= 11 is 0. The van der Waals surface area contributed by atoms with Gasteiger partial charge in [0.2, 0.25) is 0 Å². The van der Waals surface area contributed by atoms with Crippen LogP contribution in [-0.4, -0.2) is 27.4 Å². The van der Waals surface area contributed by atoms with Gasteiger partial charge in [-0.1, -0.05) is 42.0 Å². The van der Waals surface area contributed by atoms with E-state index in [-0.39, 0.29) is 0 Å². The third-order valence-corrected chi connectivity index (χ3v) is 3.54. The van der Waals surface area contributed by atoms with Crippen LogP contribution in [0.15, 0.2) is 42.5 Å². The predicted molar refractivity (Wildman–Crippen MR) is 92.1 cm³/mol. The number of hydrogen-bond donors (Lipinski definition) is 1. The third kappa shape index (κ3) is 5.27. The van der Waals surface area contributed by atoms with E-state index in [2.05, 4.69) is 30.4 Å². The molecule has 23 heavy (non-hydrogen) atoms. The fraction of sp³-hybridized carbons (Fsp3) is 0.368. The minimum atomic E-state index is 0.521. The van der Waals surface area contributed by atoms with Gasteiger partial charge < -0.3 is 19.5 Å². The fourth-order valence-electron chi connectivity index (χ4n) is 2.38. The van der Waals surface area contributed by atoms with Crippen LogP contribution in [0.4, 0.5) is 0 Å². The molecule has 0 radical (unpaired) electrons. The summed E-state index contributed by atoms with van der Waals surface area (Å²) in [6, 6.07) is 14.3. The highest BCUT2D eigenvalue weighted by atomic mass is 16.5. The zero-order valence-corrected chi connectivity index (χ0v) is 14.1. The maximum Gasteiger partial charge on any atom is 0.166 e. The van der Waals surface area contributed by atoms with Crippen molar-refractivity contribution < 1.29 is 14.2 Å². The van der Waals surface area contributed by atoms with Crippen LogP contribution in [0.25, 0.3) is 0 Å². The first-order chi connectivity index (χ1) is 11.2. The minimum absolute atomic E-state index is 0.521. The molecular weight excluding hydrogens is 290 g/mol. The Bertz CT molecular complexity index is 613. The highest BCUT2D eigenvalue weighted by molar-refractivity contribution is 5.46. The van der Waals surface area contributed by atoms with Crippen molar-refractivity contribution in [3.8, 4) is 11.5 Å². The molecule has 0 saturated heterocycles. The van der Waals surface area contributed by atoms with E-state index in [0.717, 1.165) is 29.2 Å². The van der Waals surface area contributed by atoms with Crippen molar-refractivity contribution in [1.82, 2.24) is 5.32 Å². The first-order valence-corrected chi connectivity index (χ1v) is 7.78. The summed E-state index contributed by atoms with van der Waals surface area (Å²) in [6.45, 7) is 4.79. The van der Waals surface area contributed by atoms with E-state index < -0.39 is 0 Å². The van der Waals surface area contributed by atoms with Crippen LogP contribution >= 0.6 is 0 Å². The summed E-state index contributed by atoms with van der Waals surface area (Å²) in [6.07, 6.45) is 0. The molecule has 2 aromatic rings. The van der Waals surface area contributed by atoms with E-state index in [1.807, 2.05) is 24.3 Å². The summed E-state index contributed by atoms with van der Waals surface area (Å²) < 4.78 is 16.6. The highest BCUT2D eigenvalue weighted by Crippen LogP contribution is 2.31. The quantitative estimate of drug-likeness (QED) is 0.721. The number of aryl methyl sites for hydroxylation is 1. The average Bonchev–Trinajstić information content (AvgIpc) is 2.57. The maximum absolute atomic E-state index is 6.06. The molecule has 0 aromatic heterocycles. The van der Waals surface area contributed by atoms with Crippen molar-refractivity contribution in [3.05, 3.63) is 59.2 Å². The first-order valence-electron chi connectivity index (χ1n) is 7.78. The molecule has 0 saturated carbocycles. The Morgan fingerprint density at radius 3 is 2.61 bits per heavy atom. The normalized spacial score (nSPS) is 10.6. The van der Waals surface area contributed by atoms with Gasteiger partial charge in [-0.05, 0) is 18.6 Å². The third-order valence-electron chi connectivity index (χ3n) is 3.54. The Hall–Kier alpha value is -2.04. The second kappa shape index (κ2) is 9.18. The number of para-hydroxylation sites is 1. The zero-order valence-electron chi connectivity index (χ0n) is 14.1. The Morgan fingerprint density at radius 2 is 1.87 bits per heavy atom. The first kappa shape index (κ1) is 17.3. The van der Waals surface area contributed by atoms with Crippen molar-refractivity contribution in [1.29, 1.82) is 0 Å². The van der Waals surface area contributed by atoms with Gasteiger partial charge in [0, 0.05) is 25.8 Å². The Labute approximate surface area is 138 Å². The van der Waals surface area contributed by atoms with Crippen molar-refractivity contribution in [2.75, 3.05) is 27.4 Å². The topological polar surface area (TPSA) is 39.7 Å². The van der Waals surface area contributed by atoms with Crippen molar-refractivity contribution in [3.63, 3.8) is 0 Å². The molecule has 0 unspecified atom stereocenters. The van der Waals surface area contributed by atoms with Gasteiger partial charge in [-0.25, -0.2) is 0 Å². The standard InChI is InChI=1S/C19H25NO3/c1-15-6-4-7-16(12-15)14-23-19-17(13-20-10-11-21-2)8-5-9-18(19)22-3/h4-9,12,20H,10-11,13-14H2,1-3H3. The molecule has 0 atom stereocenters. The second-order valence-electron chi connectivity index (χ2n) is 5.40. The molecule has 4 heteroatoms. The van der Waals surface area contributed by atoms with E-state index in [1.54, 1.807) is 14.2 Å². The van der Waals surface area contributed by atoms with E-state index in [9.17, 15) is 0 Å². The lowest BCUT2D eigenvalue weighted by molar-refractivity contribution is 0.199. The van der Waals surface area contributed by atoms with E-state index >= 15 is 0 Å². The maximum atomic E-state index is 6.06. The van der Waals surface area contributed by atoms with E-state index in [1.165, 1.54) is 5.56 Å². The number of methoxy groups -OCH3 is 2. The van der Waals surface area contributed by atoms with Gasteiger partial charge in [0.1, 0.15) is 6.61 Å². The van der Waals surface area contributed by atoms with Gasteiger partial charge in [-0.15, -0.1) is 0 Å². The van der Waals surface area contributed by atoms with Crippen LogP contribution in [0.1, 0.15) is 16.7 Å². The summed E-state index contributed by atoms with van der Waals surface area (Å²) in [5.74, 6) is 1.55. The lowest BCUT2D eigenvalue weighted by Crippen LogP contribution is -2.19. The van der Waals surface area contributed by atoms with Crippen molar-refractivity contribution >= 4 is 0 Å². The molecular formula is C19H25NO3. The number of hydrogen-bond acceptors (Lipinski definition) is 4. The van der Waals surface area contributed by atoms with Crippen LogP contribution in [0, 0.1) is 6.92 Å². The van der Waals surface area contributed by atoms with Crippen LogP contribution in [0.2, 0.25) is 0 Å². The lowest BCUT2D eigenvalue weighted by Gasteiger charge is -2.16. The van der Waals surface area contributed by atoms with Crippen LogP contribution in [0.3, 0.4) is 0 Å². The number of rotatable bonds is 9. The van der Waals surface area contributed by atoms with Crippen LogP contribution < -0.4 is 14.8 Å². The molecule has 0 aliphatic heterocycles. The van der Waals surface area contributed by atoms with E-state index in [0.29, 0.717) is 19.8 Å². The molecule has 0 aliphatic carbocycles. The fourth-order valence-corrected chi connectivity index (χ4v) is 2.38. The number of ether oxygens (including phenoxy) is 3. The molecule has 0 aliphatic rings. The van der Waals surface area contributed by atoms with Crippen molar-refractivity contribution in [2.24, 2.45) is 0 Å². The minimum Gasteiger partial charge on any atom is -0.493 e. The average molecular weight is 315 g/mol. The molecule has 0 bridgehead atoms. The van der Waals surface area contributed by atoms with Gasteiger partial charge in [0.15, 0.2) is 11.5 Å². The molecule has 0 spiro atoms. The van der Waals surface area contributed by atoms with Gasteiger partial charge in [0.05, 0.1) is 13.7 Å². The van der Waals surface area contributed by atoms with Crippen LogP contribution in [-0.2, 0) is 17.9 Å². The Morgan fingerprint density at radius 1 is 1.04 bits per heavy atom. The summed E-state index contributed by atoms with van der Waals surface area (Å²) in [4.78, 5) is 0. The van der Waals surface area contributed by atoms with E-state index in [4.69, 9.17) is 14.2 Å². The summed E-state index contributed by atoms with van der Waals surface area (Å²) in [5, 5.41) is 3.34. The molecule has 2 aromatic carbocycles. The molecule has 1 N–H and O–H groups in total. The molecule has 124 valence electrons. The number of nitrogens with one attached hydrogen (secondary N) is 1. The Kier molecular flexibility index (Phi) is 6.91. The molecule has 0 amide bonds. The second-order valence-corrected chi connectivity index (χ2v) is 5.40. The smallest absolute Gasteiger partial charge is 0.166 e. The van der Waals surface area contributed by atoms with Crippen LogP contribution in [0.5, 0.6) is 11.5 Å². The van der Waals surface area contributed by atoms with Crippen molar-refractivity contribution in [2.45, 2.75) is 20.1 Å². The molecule has 4 nitrogen and oxygen atoms in total. The Balaban J connectivity index is 2.08. The number of benzene rings is 2. The lowest BCUT2D eigenvalue weighted by atomic mass is 10.1. The van der Waals surface area contributed by atoms with Gasteiger partial charge in [-0.2, -0.15) is 0 Å². The molecule has 2 rings (SSSR count). The largest absolute Gasteiger partial charge is 0.493 e. The summed E-state index contributed by atoms with van der Waals surface area (Å²) in [7, 11) is 3.36. The monoisotopic (exact) mass is 315 g/mol. The molecule has 0 fully saturated rings. The highest BCUT2D eigenvalue weighted by Gasteiger charge is 2.10.